The van der Waals surface area contributed by atoms with Gasteiger partial charge in [-0.05, 0) is 77.0 Å². The first-order valence-electron chi connectivity index (χ1n) is 11.8. The number of nitrogens with zero attached hydrogens (tertiary/aromatic N) is 1. The van der Waals surface area contributed by atoms with Crippen LogP contribution in [0.25, 0.3) is 24.3 Å². The molecule has 0 radical (unpaired) electrons. The third-order valence-electron chi connectivity index (χ3n) is 5.94. The highest BCUT2D eigenvalue weighted by Gasteiger charge is 2.13. The highest BCUT2D eigenvalue weighted by atomic mass is 32.1. The third-order valence-corrected chi connectivity index (χ3v) is 6.78. The zero-order chi connectivity index (χ0) is 23.9. The second kappa shape index (κ2) is 10.9. The maximum atomic E-state index is 2.31. The van der Waals surface area contributed by atoms with E-state index in [1.807, 2.05) is 0 Å². The van der Waals surface area contributed by atoms with Gasteiger partial charge in [0.15, 0.2) is 0 Å². The van der Waals surface area contributed by atoms with Crippen LogP contribution in [-0.4, -0.2) is 0 Å². The van der Waals surface area contributed by atoms with Crippen LogP contribution in [0.4, 0.5) is 17.1 Å². The molecular formula is C33H27NS. The summed E-state index contributed by atoms with van der Waals surface area (Å²) < 4.78 is 0. The molecule has 0 unspecified atom stereocenters. The summed E-state index contributed by atoms with van der Waals surface area (Å²) in [6.07, 6.45) is 8.74. The van der Waals surface area contributed by atoms with Gasteiger partial charge >= 0.3 is 0 Å². The Hall–Kier alpha value is -4.14. The van der Waals surface area contributed by atoms with Crippen LogP contribution in [0.3, 0.4) is 0 Å². The number of thiophene rings is 1. The molecule has 1 aromatic heterocycles. The van der Waals surface area contributed by atoms with Crippen molar-refractivity contribution >= 4 is 52.7 Å². The molecule has 0 aliphatic rings. The summed E-state index contributed by atoms with van der Waals surface area (Å²) in [4.78, 5) is 3.57. The second-order valence-electron chi connectivity index (χ2n) is 8.36. The van der Waals surface area contributed by atoms with Gasteiger partial charge in [-0.25, -0.2) is 0 Å². The van der Waals surface area contributed by atoms with Crippen molar-refractivity contribution in [3.8, 4) is 0 Å². The minimum absolute atomic E-state index is 1.14. The van der Waals surface area contributed by atoms with E-state index in [1.165, 1.54) is 32.8 Å². The van der Waals surface area contributed by atoms with Gasteiger partial charge < -0.3 is 4.90 Å². The molecule has 35 heavy (non-hydrogen) atoms. The van der Waals surface area contributed by atoms with Crippen LogP contribution in [-0.2, 0) is 0 Å². The molecule has 0 aliphatic heterocycles. The fourth-order valence-corrected chi connectivity index (χ4v) is 4.73. The van der Waals surface area contributed by atoms with Crippen LogP contribution in [0.1, 0.15) is 27.1 Å². The van der Waals surface area contributed by atoms with Crippen molar-refractivity contribution in [2.45, 2.75) is 6.92 Å². The molecule has 0 aliphatic carbocycles. The minimum atomic E-state index is 1.14. The van der Waals surface area contributed by atoms with Crippen LogP contribution < -0.4 is 4.90 Å². The summed E-state index contributed by atoms with van der Waals surface area (Å²) in [5.41, 5.74) is 8.31. The van der Waals surface area contributed by atoms with E-state index in [2.05, 4.69) is 157 Å². The van der Waals surface area contributed by atoms with Crippen molar-refractivity contribution in [3.63, 3.8) is 0 Å². The second-order valence-corrected chi connectivity index (χ2v) is 9.34. The normalized spacial score (nSPS) is 11.3. The lowest BCUT2D eigenvalue weighted by atomic mass is 10.0. The lowest BCUT2D eigenvalue weighted by Gasteiger charge is -2.27. The summed E-state index contributed by atoms with van der Waals surface area (Å²) in [6, 6.07) is 40.5. The molecule has 0 N–H and O–H groups in total. The highest BCUT2D eigenvalue weighted by Crippen LogP contribution is 2.36. The topological polar surface area (TPSA) is 3.24 Å². The molecule has 5 rings (SSSR count). The molecule has 1 nitrogen and oxygen atoms in total. The van der Waals surface area contributed by atoms with Gasteiger partial charge in [-0.3, -0.25) is 0 Å². The summed E-state index contributed by atoms with van der Waals surface area (Å²) in [5, 5.41) is 2.10. The van der Waals surface area contributed by atoms with Gasteiger partial charge in [-0.2, -0.15) is 0 Å². The first-order valence-corrected chi connectivity index (χ1v) is 12.7. The molecule has 0 bridgehead atoms. The molecule has 0 fully saturated rings. The minimum Gasteiger partial charge on any atom is -0.310 e. The lowest BCUT2D eigenvalue weighted by Crippen LogP contribution is -2.11. The maximum Gasteiger partial charge on any atom is 0.0490 e. The Balaban J connectivity index is 1.41. The Labute approximate surface area is 212 Å². The number of rotatable bonds is 7. The van der Waals surface area contributed by atoms with Gasteiger partial charge in [-0.1, -0.05) is 97.1 Å². The number of para-hydroxylation sites is 2. The monoisotopic (exact) mass is 469 g/mol. The Morgan fingerprint density at radius 1 is 0.543 bits per heavy atom. The van der Waals surface area contributed by atoms with Gasteiger partial charge in [0.1, 0.15) is 0 Å². The molecule has 0 atom stereocenters. The van der Waals surface area contributed by atoms with Crippen molar-refractivity contribution in [2.24, 2.45) is 0 Å². The Morgan fingerprint density at radius 2 is 1.17 bits per heavy atom. The van der Waals surface area contributed by atoms with E-state index < -0.39 is 0 Å². The first kappa shape index (κ1) is 22.6. The third kappa shape index (κ3) is 5.51. The van der Waals surface area contributed by atoms with Crippen LogP contribution in [0, 0.1) is 6.92 Å². The fraction of sp³-hybridized carbons (Fsp3) is 0.0303. The molecule has 0 spiro atoms. The van der Waals surface area contributed by atoms with Crippen molar-refractivity contribution in [1.82, 2.24) is 0 Å². The van der Waals surface area contributed by atoms with Gasteiger partial charge in [0, 0.05) is 21.9 Å². The Bertz CT molecular complexity index is 1430. The zero-order valence-electron chi connectivity index (χ0n) is 19.7. The van der Waals surface area contributed by atoms with Crippen LogP contribution in [0.15, 0.2) is 121 Å². The van der Waals surface area contributed by atoms with Gasteiger partial charge in [0.25, 0.3) is 0 Å². The SMILES string of the molecule is Cc1ccccc1N(c1ccccc1)c1ccc(/C=C/c2ccccc2/C=C/c2cccs2)cc1. The quantitative estimate of drug-likeness (QED) is 0.214. The largest absolute Gasteiger partial charge is 0.310 e. The number of aryl methyl sites for hydroxylation is 1. The molecule has 0 amide bonds. The number of hydrogen-bond acceptors (Lipinski definition) is 2. The van der Waals surface area contributed by atoms with E-state index in [0.29, 0.717) is 0 Å². The van der Waals surface area contributed by atoms with Crippen molar-refractivity contribution in [2.75, 3.05) is 4.90 Å². The van der Waals surface area contributed by atoms with Gasteiger partial charge in [0.05, 0.1) is 0 Å². The molecule has 4 aromatic carbocycles. The average Bonchev–Trinajstić information content (AvgIpc) is 3.43. The zero-order valence-corrected chi connectivity index (χ0v) is 20.5. The standard InChI is InChI=1S/C33H27NS/c1-26-10-5-8-16-33(26)34(30-13-3-2-4-14-30)31-22-18-27(19-23-31)17-20-28-11-6-7-12-29(28)21-24-32-15-9-25-35-32/h2-25H,1H3/b20-17+,24-21+. The first-order chi connectivity index (χ1) is 17.3. The van der Waals surface area contributed by atoms with Crippen LogP contribution in [0.5, 0.6) is 0 Å². The molecule has 1 heterocycles. The molecule has 2 heteroatoms. The number of benzene rings is 4. The van der Waals surface area contributed by atoms with E-state index in [4.69, 9.17) is 0 Å². The van der Waals surface area contributed by atoms with Crippen LogP contribution >= 0.6 is 11.3 Å². The Morgan fingerprint density at radius 3 is 1.86 bits per heavy atom. The summed E-state index contributed by atoms with van der Waals surface area (Å²) in [6.45, 7) is 2.16. The fourth-order valence-electron chi connectivity index (χ4n) is 4.11. The maximum absolute atomic E-state index is 2.31. The van der Waals surface area contributed by atoms with E-state index in [1.54, 1.807) is 11.3 Å². The average molecular weight is 470 g/mol. The lowest BCUT2D eigenvalue weighted by molar-refractivity contribution is 1.25. The van der Waals surface area contributed by atoms with Crippen LogP contribution in [0.2, 0.25) is 0 Å². The Kier molecular flexibility index (Phi) is 7.02. The van der Waals surface area contributed by atoms with Crippen molar-refractivity contribution < 1.29 is 0 Å². The van der Waals surface area contributed by atoms with E-state index in [0.717, 1.165) is 11.4 Å². The van der Waals surface area contributed by atoms with E-state index in [-0.39, 0.29) is 0 Å². The molecular weight excluding hydrogens is 442 g/mol. The van der Waals surface area contributed by atoms with Crippen molar-refractivity contribution in [3.05, 3.63) is 148 Å². The predicted molar refractivity (Wildman–Crippen MR) is 154 cm³/mol. The number of anilines is 3. The number of hydrogen-bond donors (Lipinski definition) is 0. The van der Waals surface area contributed by atoms with Gasteiger partial charge in [-0.15, -0.1) is 11.3 Å². The molecule has 170 valence electrons. The van der Waals surface area contributed by atoms with Gasteiger partial charge in [0.2, 0.25) is 0 Å². The highest BCUT2D eigenvalue weighted by molar-refractivity contribution is 7.10. The predicted octanol–water partition coefficient (Wildman–Crippen LogP) is 9.87. The van der Waals surface area contributed by atoms with E-state index >= 15 is 0 Å². The summed E-state index contributed by atoms with van der Waals surface area (Å²) >= 11 is 1.75. The molecule has 0 saturated heterocycles. The van der Waals surface area contributed by atoms with Crippen molar-refractivity contribution in [1.29, 1.82) is 0 Å². The van der Waals surface area contributed by atoms with E-state index in [9.17, 15) is 0 Å². The molecule has 5 aromatic rings. The summed E-state index contributed by atoms with van der Waals surface area (Å²) in [5.74, 6) is 0. The summed E-state index contributed by atoms with van der Waals surface area (Å²) in [7, 11) is 0. The smallest absolute Gasteiger partial charge is 0.0490 e. The molecule has 0 saturated carbocycles.